The van der Waals surface area contributed by atoms with E-state index >= 15 is 0 Å². The van der Waals surface area contributed by atoms with Crippen molar-refractivity contribution in [1.82, 2.24) is 0 Å². The van der Waals surface area contributed by atoms with Crippen LogP contribution in [0.4, 0.5) is 5.69 Å². The number of anilines is 1. The van der Waals surface area contributed by atoms with Gasteiger partial charge in [0.05, 0.1) is 5.41 Å². The van der Waals surface area contributed by atoms with Gasteiger partial charge in [0.25, 0.3) is 0 Å². The van der Waals surface area contributed by atoms with Crippen molar-refractivity contribution in [3.8, 4) is 0 Å². The minimum absolute atomic E-state index is 0.191. The summed E-state index contributed by atoms with van der Waals surface area (Å²) in [7, 11) is 0. The van der Waals surface area contributed by atoms with Gasteiger partial charge < -0.3 is 9.46 Å². The van der Waals surface area contributed by atoms with E-state index < -0.39 is 5.41 Å². The fourth-order valence-electron chi connectivity index (χ4n) is 1.04. The lowest BCUT2D eigenvalue weighted by atomic mass is 9.97. The highest BCUT2D eigenvalue weighted by atomic mass is 32.1. The van der Waals surface area contributed by atoms with Crippen LogP contribution in [0.1, 0.15) is 26.3 Å². The summed E-state index contributed by atoms with van der Waals surface area (Å²) in [6, 6.07) is 7.56. The molecule has 0 radical (unpaired) electrons. The molecule has 3 nitrogen and oxygen atoms in total. The molecule has 0 saturated heterocycles. The van der Waals surface area contributed by atoms with E-state index in [1.165, 1.54) is 0 Å². The Bertz CT molecular complexity index is 354. The highest BCUT2D eigenvalue weighted by molar-refractivity contribution is 7.81. The summed E-state index contributed by atoms with van der Waals surface area (Å²) in [4.78, 5) is 11.5. The predicted molar refractivity (Wildman–Crippen MR) is 68.3 cm³/mol. The second kappa shape index (κ2) is 5.25. The standard InChI is InChI=1S/C12H17NO2S/c1-12(2,3)11(14)15-8-9-4-6-10(13-16)7-5-9/h4-7,13,16H,8H2,1-3H3. The lowest BCUT2D eigenvalue weighted by molar-refractivity contribution is -0.154. The molecular weight excluding hydrogens is 222 g/mol. The van der Waals surface area contributed by atoms with E-state index in [2.05, 4.69) is 17.5 Å². The number of rotatable bonds is 3. The van der Waals surface area contributed by atoms with Crippen LogP contribution in [0.2, 0.25) is 0 Å². The number of carbonyl (C=O) groups is 1. The molecule has 0 bridgehead atoms. The Kier molecular flexibility index (Phi) is 4.24. The first-order valence-corrected chi connectivity index (χ1v) is 5.54. The first-order valence-electron chi connectivity index (χ1n) is 5.10. The number of benzene rings is 1. The van der Waals surface area contributed by atoms with Crippen molar-refractivity contribution in [2.24, 2.45) is 5.41 Å². The maximum absolute atomic E-state index is 11.5. The maximum Gasteiger partial charge on any atom is 0.311 e. The molecule has 0 spiro atoms. The highest BCUT2D eigenvalue weighted by Crippen LogP contribution is 2.17. The van der Waals surface area contributed by atoms with E-state index in [-0.39, 0.29) is 5.97 Å². The van der Waals surface area contributed by atoms with Gasteiger partial charge in [-0.2, -0.15) is 0 Å². The number of ether oxygens (including phenoxy) is 1. The minimum atomic E-state index is -0.452. The fourth-order valence-corrected chi connectivity index (χ4v) is 1.19. The minimum Gasteiger partial charge on any atom is -0.460 e. The van der Waals surface area contributed by atoms with Crippen LogP contribution in [0.3, 0.4) is 0 Å². The van der Waals surface area contributed by atoms with E-state index in [1.54, 1.807) is 0 Å². The largest absolute Gasteiger partial charge is 0.460 e. The Balaban J connectivity index is 2.52. The van der Waals surface area contributed by atoms with Gasteiger partial charge in [0, 0.05) is 5.69 Å². The van der Waals surface area contributed by atoms with Crippen LogP contribution in [-0.2, 0) is 16.1 Å². The summed E-state index contributed by atoms with van der Waals surface area (Å²) in [6.07, 6.45) is 0. The Morgan fingerprint density at radius 3 is 2.31 bits per heavy atom. The van der Waals surface area contributed by atoms with Crippen molar-refractivity contribution in [3.05, 3.63) is 29.8 Å². The van der Waals surface area contributed by atoms with Crippen molar-refractivity contribution in [1.29, 1.82) is 0 Å². The number of thiol groups is 1. The Hall–Kier alpha value is -1.16. The maximum atomic E-state index is 11.5. The summed E-state index contributed by atoms with van der Waals surface area (Å²) in [6.45, 7) is 5.82. The van der Waals surface area contributed by atoms with Gasteiger partial charge in [-0.05, 0) is 38.5 Å². The van der Waals surface area contributed by atoms with Crippen molar-refractivity contribution in [2.45, 2.75) is 27.4 Å². The summed E-state index contributed by atoms with van der Waals surface area (Å²) < 4.78 is 7.92. The predicted octanol–water partition coefficient (Wildman–Crippen LogP) is 3.03. The molecule has 1 N–H and O–H groups in total. The Morgan fingerprint density at radius 1 is 1.31 bits per heavy atom. The molecule has 0 saturated carbocycles. The molecule has 16 heavy (non-hydrogen) atoms. The topological polar surface area (TPSA) is 38.3 Å². The average Bonchev–Trinajstić information content (AvgIpc) is 2.25. The zero-order valence-corrected chi connectivity index (χ0v) is 10.7. The van der Waals surface area contributed by atoms with E-state index in [9.17, 15) is 4.79 Å². The molecule has 0 aromatic heterocycles. The third-order valence-electron chi connectivity index (χ3n) is 2.07. The molecule has 4 heteroatoms. The van der Waals surface area contributed by atoms with Crippen molar-refractivity contribution < 1.29 is 9.53 Å². The van der Waals surface area contributed by atoms with Crippen LogP contribution in [-0.4, -0.2) is 5.97 Å². The van der Waals surface area contributed by atoms with E-state index in [4.69, 9.17) is 4.74 Å². The van der Waals surface area contributed by atoms with E-state index in [1.807, 2.05) is 45.0 Å². The van der Waals surface area contributed by atoms with Crippen LogP contribution in [0.5, 0.6) is 0 Å². The molecule has 1 rings (SSSR count). The summed E-state index contributed by atoms with van der Waals surface area (Å²) in [5, 5.41) is 0. The number of carbonyl (C=O) groups excluding carboxylic acids is 1. The molecule has 1 aromatic rings. The van der Waals surface area contributed by atoms with Gasteiger partial charge in [0.15, 0.2) is 0 Å². The zero-order valence-electron chi connectivity index (χ0n) is 9.78. The molecule has 0 aliphatic rings. The van der Waals surface area contributed by atoms with Crippen molar-refractivity contribution in [2.75, 3.05) is 4.72 Å². The molecule has 1 aromatic carbocycles. The number of hydrogen-bond acceptors (Lipinski definition) is 4. The van der Waals surface area contributed by atoms with Crippen molar-refractivity contribution >= 4 is 24.5 Å². The van der Waals surface area contributed by atoms with Crippen LogP contribution in [0.25, 0.3) is 0 Å². The normalized spacial score (nSPS) is 11.0. The van der Waals surface area contributed by atoms with Gasteiger partial charge >= 0.3 is 5.97 Å². The van der Waals surface area contributed by atoms with E-state index in [0.29, 0.717) is 6.61 Å². The lowest BCUT2D eigenvalue weighted by Crippen LogP contribution is -2.22. The lowest BCUT2D eigenvalue weighted by Gasteiger charge is -2.16. The van der Waals surface area contributed by atoms with Gasteiger partial charge in [-0.1, -0.05) is 24.9 Å². The summed E-state index contributed by atoms with van der Waals surface area (Å²) in [5.41, 5.74) is 1.42. The van der Waals surface area contributed by atoms with Crippen molar-refractivity contribution in [3.63, 3.8) is 0 Å². The Labute approximate surface area is 102 Å². The first-order chi connectivity index (χ1) is 7.43. The second-order valence-corrected chi connectivity index (χ2v) is 4.86. The molecule has 88 valence electrons. The number of nitrogens with one attached hydrogen (secondary N) is 1. The van der Waals surface area contributed by atoms with Crippen LogP contribution in [0.15, 0.2) is 24.3 Å². The molecule has 0 aliphatic heterocycles. The second-order valence-electron chi connectivity index (χ2n) is 4.63. The SMILES string of the molecule is CC(C)(C)C(=O)OCc1ccc(NS)cc1. The van der Waals surface area contributed by atoms with Crippen LogP contribution in [0, 0.1) is 5.41 Å². The van der Waals surface area contributed by atoms with Gasteiger partial charge in [-0.15, -0.1) is 0 Å². The first kappa shape index (κ1) is 12.9. The fraction of sp³-hybridized carbons (Fsp3) is 0.417. The van der Waals surface area contributed by atoms with Crippen LogP contribution < -0.4 is 4.72 Å². The monoisotopic (exact) mass is 239 g/mol. The zero-order chi connectivity index (χ0) is 12.2. The molecule has 0 heterocycles. The molecular formula is C12H17NO2S. The molecule has 0 atom stereocenters. The summed E-state index contributed by atoms with van der Waals surface area (Å²) in [5.74, 6) is -0.191. The molecule has 0 amide bonds. The summed E-state index contributed by atoms with van der Waals surface area (Å²) >= 11 is 3.93. The molecule has 0 aliphatic carbocycles. The molecule has 0 unspecified atom stereocenters. The number of esters is 1. The number of hydrogen-bond donors (Lipinski definition) is 2. The average molecular weight is 239 g/mol. The quantitative estimate of drug-likeness (QED) is 0.629. The third kappa shape index (κ3) is 3.77. The smallest absolute Gasteiger partial charge is 0.311 e. The van der Waals surface area contributed by atoms with Gasteiger partial charge in [-0.25, -0.2) is 0 Å². The van der Waals surface area contributed by atoms with Crippen LogP contribution >= 0.6 is 12.8 Å². The Morgan fingerprint density at radius 2 is 1.88 bits per heavy atom. The van der Waals surface area contributed by atoms with Gasteiger partial charge in [0.2, 0.25) is 0 Å². The third-order valence-corrected chi connectivity index (χ3v) is 2.32. The molecule has 0 fully saturated rings. The van der Waals surface area contributed by atoms with E-state index in [0.717, 1.165) is 11.3 Å². The highest BCUT2D eigenvalue weighted by Gasteiger charge is 2.22. The van der Waals surface area contributed by atoms with Gasteiger partial charge in [0.1, 0.15) is 6.61 Å². The van der Waals surface area contributed by atoms with Gasteiger partial charge in [-0.3, -0.25) is 4.79 Å².